The van der Waals surface area contributed by atoms with Crippen LogP contribution >= 0.6 is 0 Å². The average Bonchev–Trinajstić information content (AvgIpc) is 2.41. The summed E-state index contributed by atoms with van der Waals surface area (Å²) in [5.41, 5.74) is 1.04. The number of carbonyl (C=O) groups is 1. The Morgan fingerprint density at radius 3 is 2.95 bits per heavy atom. The van der Waals surface area contributed by atoms with E-state index >= 15 is 0 Å². The number of carbonyl (C=O) groups excluding carboxylic acids is 1. The van der Waals surface area contributed by atoms with Gasteiger partial charge >= 0.3 is 5.97 Å². The molecule has 0 aliphatic heterocycles. The zero-order chi connectivity index (χ0) is 14.9. The van der Waals surface area contributed by atoms with Gasteiger partial charge < -0.3 is 14.9 Å². The number of aliphatic hydroxyl groups is 2. The Labute approximate surface area is 120 Å². The fraction of sp³-hybridized carbons (Fsp3) is 0.688. The number of fused-ring (bicyclic) bond motifs is 1. The topological polar surface area (TPSA) is 66.8 Å². The molecule has 4 heteroatoms. The SMILES string of the molecule is C=C1CCC=C(O)C(O)CC2C1CC2(C)COC(C)=O. The molecule has 0 amide bonds. The van der Waals surface area contributed by atoms with Crippen molar-refractivity contribution in [3.63, 3.8) is 0 Å². The third-order valence-corrected chi connectivity index (χ3v) is 4.83. The van der Waals surface area contributed by atoms with E-state index in [2.05, 4.69) is 13.5 Å². The summed E-state index contributed by atoms with van der Waals surface area (Å²) in [6.45, 7) is 8.01. The number of hydrogen-bond donors (Lipinski definition) is 2. The molecule has 112 valence electrons. The van der Waals surface area contributed by atoms with Gasteiger partial charge in [-0.1, -0.05) is 19.1 Å². The summed E-state index contributed by atoms with van der Waals surface area (Å²) < 4.78 is 5.17. The molecule has 2 aliphatic carbocycles. The van der Waals surface area contributed by atoms with Crippen molar-refractivity contribution in [3.05, 3.63) is 24.0 Å². The third kappa shape index (κ3) is 2.90. The zero-order valence-corrected chi connectivity index (χ0v) is 12.3. The van der Waals surface area contributed by atoms with Crippen LogP contribution in [0.2, 0.25) is 0 Å². The maximum Gasteiger partial charge on any atom is 0.302 e. The van der Waals surface area contributed by atoms with E-state index in [4.69, 9.17) is 4.74 Å². The van der Waals surface area contributed by atoms with Gasteiger partial charge in [0.05, 0.1) is 6.61 Å². The highest BCUT2D eigenvalue weighted by atomic mass is 16.5. The maximum atomic E-state index is 11.0. The van der Waals surface area contributed by atoms with Gasteiger partial charge in [0, 0.05) is 12.3 Å². The number of rotatable bonds is 2. The van der Waals surface area contributed by atoms with Gasteiger partial charge in [0.25, 0.3) is 0 Å². The summed E-state index contributed by atoms with van der Waals surface area (Å²) in [6, 6.07) is 0. The lowest BCUT2D eigenvalue weighted by Gasteiger charge is -2.54. The highest BCUT2D eigenvalue weighted by molar-refractivity contribution is 5.65. The Morgan fingerprint density at radius 2 is 2.30 bits per heavy atom. The second-order valence-corrected chi connectivity index (χ2v) is 6.43. The average molecular weight is 280 g/mol. The van der Waals surface area contributed by atoms with E-state index in [9.17, 15) is 15.0 Å². The molecule has 0 aromatic carbocycles. The second kappa shape index (κ2) is 5.60. The van der Waals surface area contributed by atoms with Gasteiger partial charge in [-0.05, 0) is 43.6 Å². The minimum absolute atomic E-state index is 0.0557. The van der Waals surface area contributed by atoms with Gasteiger partial charge in [0.2, 0.25) is 0 Å². The highest BCUT2D eigenvalue weighted by Crippen LogP contribution is 2.57. The number of esters is 1. The molecule has 0 aromatic heterocycles. The van der Waals surface area contributed by atoms with Gasteiger partial charge in [-0.2, -0.15) is 0 Å². The fourth-order valence-corrected chi connectivity index (χ4v) is 3.52. The normalized spacial score (nSPS) is 37.6. The summed E-state index contributed by atoms with van der Waals surface area (Å²) in [6.07, 6.45) is 3.82. The maximum absolute atomic E-state index is 11.0. The van der Waals surface area contributed by atoms with Gasteiger partial charge in [0.1, 0.15) is 11.9 Å². The fourth-order valence-electron chi connectivity index (χ4n) is 3.52. The summed E-state index contributed by atoms with van der Waals surface area (Å²) in [7, 11) is 0. The van der Waals surface area contributed by atoms with Crippen molar-refractivity contribution in [1.82, 2.24) is 0 Å². The Hall–Kier alpha value is -1.29. The smallest absolute Gasteiger partial charge is 0.302 e. The van der Waals surface area contributed by atoms with Crippen molar-refractivity contribution >= 4 is 5.97 Å². The molecule has 1 fully saturated rings. The van der Waals surface area contributed by atoms with Gasteiger partial charge in [-0.15, -0.1) is 0 Å². The van der Waals surface area contributed by atoms with E-state index in [0.717, 1.165) is 12.8 Å². The van der Waals surface area contributed by atoms with Crippen LogP contribution in [0.15, 0.2) is 24.0 Å². The number of hydrogen-bond acceptors (Lipinski definition) is 4. The Morgan fingerprint density at radius 1 is 1.60 bits per heavy atom. The molecule has 1 saturated carbocycles. The number of aliphatic hydroxyl groups excluding tert-OH is 2. The van der Waals surface area contributed by atoms with E-state index in [1.807, 2.05) is 0 Å². The molecular formula is C16H24O4. The van der Waals surface area contributed by atoms with Gasteiger partial charge in [0.15, 0.2) is 0 Å². The van der Waals surface area contributed by atoms with Crippen molar-refractivity contribution in [1.29, 1.82) is 0 Å². The molecule has 2 rings (SSSR count). The Kier molecular flexibility index (Phi) is 4.23. The van der Waals surface area contributed by atoms with Crippen LogP contribution in [0.5, 0.6) is 0 Å². The van der Waals surface area contributed by atoms with Crippen LogP contribution in [0.3, 0.4) is 0 Å². The van der Waals surface area contributed by atoms with Crippen LogP contribution in [-0.4, -0.2) is 28.9 Å². The predicted octanol–water partition coefficient (Wildman–Crippen LogP) is 2.73. The lowest BCUT2D eigenvalue weighted by atomic mass is 9.51. The summed E-state index contributed by atoms with van der Waals surface area (Å²) in [5, 5.41) is 19.9. The minimum Gasteiger partial charge on any atom is -0.510 e. The lowest BCUT2D eigenvalue weighted by molar-refractivity contribution is -0.153. The molecule has 0 spiro atoms. The highest BCUT2D eigenvalue weighted by Gasteiger charge is 2.52. The molecule has 4 unspecified atom stereocenters. The summed E-state index contributed by atoms with van der Waals surface area (Å²) in [4.78, 5) is 11.0. The molecule has 0 saturated heterocycles. The van der Waals surface area contributed by atoms with Crippen molar-refractivity contribution in [2.75, 3.05) is 6.61 Å². The molecule has 0 aromatic rings. The number of allylic oxidation sites excluding steroid dienone is 2. The summed E-state index contributed by atoms with van der Waals surface area (Å²) in [5.74, 6) is 0.322. The van der Waals surface area contributed by atoms with Crippen LogP contribution in [0, 0.1) is 17.3 Å². The molecule has 4 atom stereocenters. The first-order chi connectivity index (χ1) is 9.33. The molecule has 2 aliphatic rings. The van der Waals surface area contributed by atoms with E-state index < -0.39 is 6.10 Å². The van der Waals surface area contributed by atoms with Gasteiger partial charge in [-0.3, -0.25) is 4.79 Å². The molecule has 0 bridgehead atoms. The molecular weight excluding hydrogens is 256 g/mol. The van der Waals surface area contributed by atoms with Crippen LogP contribution in [0.25, 0.3) is 0 Å². The van der Waals surface area contributed by atoms with Gasteiger partial charge in [-0.25, -0.2) is 0 Å². The monoisotopic (exact) mass is 280 g/mol. The Balaban J connectivity index is 2.13. The standard InChI is InChI=1S/C16H24O4/c1-10-5-4-6-14(18)15(19)7-13-12(10)8-16(13,3)9-20-11(2)17/h6,12-13,15,18-19H,1,4-5,7-9H2,2-3H3. The van der Waals surface area contributed by atoms with E-state index in [1.54, 1.807) is 6.08 Å². The molecule has 20 heavy (non-hydrogen) atoms. The van der Waals surface area contributed by atoms with Crippen molar-refractivity contribution in [2.45, 2.75) is 45.6 Å². The second-order valence-electron chi connectivity index (χ2n) is 6.43. The zero-order valence-electron chi connectivity index (χ0n) is 12.3. The minimum atomic E-state index is -0.828. The summed E-state index contributed by atoms with van der Waals surface area (Å²) >= 11 is 0. The first kappa shape index (κ1) is 15.1. The third-order valence-electron chi connectivity index (χ3n) is 4.83. The molecule has 0 radical (unpaired) electrons. The van der Waals surface area contributed by atoms with Crippen LogP contribution in [-0.2, 0) is 9.53 Å². The van der Waals surface area contributed by atoms with E-state index in [-0.39, 0.29) is 23.1 Å². The van der Waals surface area contributed by atoms with Crippen molar-refractivity contribution in [3.8, 4) is 0 Å². The Bertz CT molecular complexity index is 440. The largest absolute Gasteiger partial charge is 0.510 e. The van der Waals surface area contributed by atoms with Crippen molar-refractivity contribution in [2.24, 2.45) is 17.3 Å². The van der Waals surface area contributed by atoms with Crippen LogP contribution in [0.1, 0.15) is 39.5 Å². The van der Waals surface area contributed by atoms with E-state index in [1.165, 1.54) is 12.5 Å². The quantitative estimate of drug-likeness (QED) is 0.603. The predicted molar refractivity (Wildman–Crippen MR) is 76.0 cm³/mol. The number of ether oxygens (including phenoxy) is 1. The molecule has 4 nitrogen and oxygen atoms in total. The van der Waals surface area contributed by atoms with E-state index in [0.29, 0.717) is 25.4 Å². The first-order valence-electron chi connectivity index (χ1n) is 7.21. The van der Waals surface area contributed by atoms with Crippen LogP contribution < -0.4 is 0 Å². The lowest BCUT2D eigenvalue weighted by Crippen LogP contribution is -2.51. The van der Waals surface area contributed by atoms with Crippen LogP contribution in [0.4, 0.5) is 0 Å². The first-order valence-corrected chi connectivity index (χ1v) is 7.21. The van der Waals surface area contributed by atoms with Crippen molar-refractivity contribution < 1.29 is 19.7 Å². The molecule has 0 heterocycles. The molecule has 2 N–H and O–H groups in total.